The van der Waals surface area contributed by atoms with Gasteiger partial charge in [-0.15, -0.1) is 5.10 Å². The number of hydrogen-bond acceptors (Lipinski definition) is 5. The van der Waals surface area contributed by atoms with E-state index in [0.29, 0.717) is 5.15 Å². The molecule has 1 N–H and O–H groups in total. The van der Waals surface area contributed by atoms with Crippen LogP contribution in [0.1, 0.15) is 18.5 Å². The Balaban J connectivity index is 1.81. The second-order valence-electron chi connectivity index (χ2n) is 4.56. The molecule has 0 radical (unpaired) electrons. The number of rotatable bonds is 4. The number of nitrogens with one attached hydrogen (secondary N) is 1. The van der Waals surface area contributed by atoms with E-state index in [-0.39, 0.29) is 6.04 Å². The average Bonchev–Trinajstić information content (AvgIpc) is 3.02. The van der Waals surface area contributed by atoms with Crippen LogP contribution in [-0.4, -0.2) is 25.2 Å². The molecule has 21 heavy (non-hydrogen) atoms. The zero-order chi connectivity index (χ0) is 14.7. The van der Waals surface area contributed by atoms with Gasteiger partial charge in [-0.3, -0.25) is 0 Å². The summed E-state index contributed by atoms with van der Waals surface area (Å²) in [5, 5.41) is 15.0. The highest BCUT2D eigenvalue weighted by Crippen LogP contribution is 2.20. The molecule has 2 heterocycles. The Hall–Kier alpha value is -2.47. The summed E-state index contributed by atoms with van der Waals surface area (Å²) in [6.07, 6.45) is 1.57. The van der Waals surface area contributed by atoms with Gasteiger partial charge in [0.25, 0.3) is 0 Å². The highest BCUT2D eigenvalue weighted by atomic mass is 35.5. The molecule has 1 aromatic carbocycles. The first kappa shape index (κ1) is 13.5. The molecular weight excluding hydrogens is 288 g/mol. The highest BCUT2D eigenvalue weighted by molar-refractivity contribution is 6.29. The quantitative estimate of drug-likeness (QED) is 0.750. The fourth-order valence-electron chi connectivity index (χ4n) is 2.01. The Bertz CT molecular complexity index is 728. The number of hydrogen-bond donors (Lipinski definition) is 1. The van der Waals surface area contributed by atoms with Crippen LogP contribution < -0.4 is 5.32 Å². The molecule has 106 valence electrons. The standard InChI is InChI=1S/C14H13ClN6/c1-10(17-14-7-3-6-13(15)18-14)11-4-2-5-12(8-11)21-9-16-19-20-21/h2-10H,1H3,(H,17,18). The smallest absolute Gasteiger partial charge is 0.143 e. The molecule has 0 saturated carbocycles. The number of benzene rings is 1. The summed E-state index contributed by atoms with van der Waals surface area (Å²) in [5.74, 6) is 0.739. The van der Waals surface area contributed by atoms with Crippen LogP contribution in [0.5, 0.6) is 0 Å². The minimum Gasteiger partial charge on any atom is -0.364 e. The van der Waals surface area contributed by atoms with Crippen molar-refractivity contribution in [3.63, 3.8) is 0 Å². The summed E-state index contributed by atoms with van der Waals surface area (Å²) in [4.78, 5) is 4.23. The lowest BCUT2D eigenvalue weighted by atomic mass is 10.1. The van der Waals surface area contributed by atoms with E-state index in [0.717, 1.165) is 17.1 Å². The van der Waals surface area contributed by atoms with Gasteiger partial charge in [-0.1, -0.05) is 29.8 Å². The van der Waals surface area contributed by atoms with E-state index in [1.54, 1.807) is 17.1 Å². The summed E-state index contributed by atoms with van der Waals surface area (Å²) in [6, 6.07) is 13.5. The second-order valence-corrected chi connectivity index (χ2v) is 4.95. The van der Waals surface area contributed by atoms with Crippen LogP contribution in [0.15, 0.2) is 48.8 Å². The number of anilines is 1. The van der Waals surface area contributed by atoms with E-state index in [4.69, 9.17) is 11.6 Å². The first-order valence-electron chi connectivity index (χ1n) is 6.45. The van der Waals surface area contributed by atoms with E-state index < -0.39 is 0 Å². The van der Waals surface area contributed by atoms with Crippen molar-refractivity contribution in [2.45, 2.75) is 13.0 Å². The van der Waals surface area contributed by atoms with Gasteiger partial charge in [0.15, 0.2) is 0 Å². The van der Waals surface area contributed by atoms with Gasteiger partial charge in [0.05, 0.1) is 11.7 Å². The number of nitrogens with zero attached hydrogens (tertiary/aromatic N) is 5. The van der Waals surface area contributed by atoms with Crippen molar-refractivity contribution in [3.8, 4) is 5.69 Å². The SMILES string of the molecule is CC(Nc1cccc(Cl)n1)c1cccc(-n2cnnn2)c1. The van der Waals surface area contributed by atoms with E-state index >= 15 is 0 Å². The minimum atomic E-state index is 0.0763. The van der Waals surface area contributed by atoms with E-state index in [1.165, 1.54) is 0 Å². The fourth-order valence-corrected chi connectivity index (χ4v) is 2.17. The molecule has 1 unspecified atom stereocenters. The minimum absolute atomic E-state index is 0.0763. The van der Waals surface area contributed by atoms with Gasteiger partial charge in [0.2, 0.25) is 0 Å². The van der Waals surface area contributed by atoms with E-state index in [9.17, 15) is 0 Å². The predicted octanol–water partition coefficient (Wildman–Crippen LogP) is 2.88. The zero-order valence-corrected chi connectivity index (χ0v) is 12.1. The molecule has 0 amide bonds. The number of pyridine rings is 1. The molecule has 3 aromatic rings. The number of halogens is 1. The van der Waals surface area contributed by atoms with Crippen LogP contribution in [0.2, 0.25) is 5.15 Å². The maximum atomic E-state index is 5.89. The van der Waals surface area contributed by atoms with Gasteiger partial charge < -0.3 is 5.32 Å². The van der Waals surface area contributed by atoms with Gasteiger partial charge in [0, 0.05) is 0 Å². The molecule has 0 aliphatic rings. The van der Waals surface area contributed by atoms with Crippen molar-refractivity contribution < 1.29 is 0 Å². The lowest BCUT2D eigenvalue weighted by Gasteiger charge is -2.15. The Kier molecular flexibility index (Phi) is 3.79. The molecule has 0 bridgehead atoms. The monoisotopic (exact) mass is 300 g/mol. The third-order valence-corrected chi connectivity index (χ3v) is 3.27. The third kappa shape index (κ3) is 3.17. The zero-order valence-electron chi connectivity index (χ0n) is 11.3. The third-order valence-electron chi connectivity index (χ3n) is 3.06. The summed E-state index contributed by atoms with van der Waals surface area (Å²) < 4.78 is 1.62. The Morgan fingerprint density at radius 3 is 2.81 bits per heavy atom. The molecule has 6 nitrogen and oxygen atoms in total. The van der Waals surface area contributed by atoms with Gasteiger partial charge in [-0.25, -0.2) is 9.67 Å². The Morgan fingerprint density at radius 2 is 2.05 bits per heavy atom. The summed E-state index contributed by atoms with van der Waals surface area (Å²) in [7, 11) is 0. The molecule has 7 heteroatoms. The molecule has 0 saturated heterocycles. The predicted molar refractivity (Wildman–Crippen MR) is 80.4 cm³/mol. The first-order valence-corrected chi connectivity index (χ1v) is 6.82. The second kappa shape index (κ2) is 5.88. The van der Waals surface area contributed by atoms with Crippen LogP contribution >= 0.6 is 11.6 Å². The van der Waals surface area contributed by atoms with Crippen LogP contribution in [0.4, 0.5) is 5.82 Å². The van der Waals surface area contributed by atoms with Crippen molar-refractivity contribution >= 4 is 17.4 Å². The van der Waals surface area contributed by atoms with Gasteiger partial charge in [0.1, 0.15) is 17.3 Å². The highest BCUT2D eigenvalue weighted by Gasteiger charge is 2.08. The van der Waals surface area contributed by atoms with Gasteiger partial charge >= 0.3 is 0 Å². The van der Waals surface area contributed by atoms with Crippen LogP contribution in [0.25, 0.3) is 5.69 Å². The Labute approximate surface area is 126 Å². The van der Waals surface area contributed by atoms with Crippen LogP contribution in [0, 0.1) is 0 Å². The normalized spacial score (nSPS) is 12.1. The average molecular weight is 301 g/mol. The van der Waals surface area contributed by atoms with E-state index in [1.807, 2.05) is 36.4 Å². The molecule has 0 spiro atoms. The van der Waals surface area contributed by atoms with Gasteiger partial charge in [-0.05, 0) is 47.2 Å². The van der Waals surface area contributed by atoms with Crippen molar-refractivity contribution in [2.75, 3.05) is 5.32 Å². The number of tetrazole rings is 1. The summed E-state index contributed by atoms with van der Waals surface area (Å²) >= 11 is 5.89. The molecule has 2 aromatic heterocycles. The van der Waals surface area contributed by atoms with Crippen molar-refractivity contribution in [1.82, 2.24) is 25.2 Å². The van der Waals surface area contributed by atoms with Gasteiger partial charge in [-0.2, -0.15) is 0 Å². The number of aromatic nitrogens is 5. The largest absolute Gasteiger partial charge is 0.364 e. The molecular formula is C14H13ClN6. The first-order chi connectivity index (χ1) is 10.2. The maximum absolute atomic E-state index is 5.89. The van der Waals surface area contributed by atoms with Crippen LogP contribution in [-0.2, 0) is 0 Å². The summed E-state index contributed by atoms with van der Waals surface area (Å²) in [6.45, 7) is 2.06. The van der Waals surface area contributed by atoms with Crippen molar-refractivity contribution in [2.24, 2.45) is 0 Å². The molecule has 1 atom stereocenters. The summed E-state index contributed by atoms with van der Waals surface area (Å²) in [5.41, 5.74) is 2.01. The lowest BCUT2D eigenvalue weighted by molar-refractivity contribution is 0.784. The maximum Gasteiger partial charge on any atom is 0.143 e. The molecule has 0 aliphatic heterocycles. The molecule has 0 aliphatic carbocycles. The van der Waals surface area contributed by atoms with Crippen molar-refractivity contribution in [3.05, 3.63) is 59.5 Å². The lowest BCUT2D eigenvalue weighted by Crippen LogP contribution is -2.08. The van der Waals surface area contributed by atoms with Crippen molar-refractivity contribution in [1.29, 1.82) is 0 Å². The topological polar surface area (TPSA) is 68.5 Å². The Morgan fingerprint density at radius 1 is 1.19 bits per heavy atom. The molecule has 3 rings (SSSR count). The molecule has 0 fully saturated rings. The fraction of sp³-hybridized carbons (Fsp3) is 0.143. The van der Waals surface area contributed by atoms with E-state index in [2.05, 4.69) is 32.7 Å². The van der Waals surface area contributed by atoms with Crippen LogP contribution in [0.3, 0.4) is 0 Å².